The Kier molecular flexibility index (Phi) is 5.14. The van der Waals surface area contributed by atoms with E-state index >= 15 is 0 Å². The second-order valence-electron chi connectivity index (χ2n) is 6.70. The average Bonchev–Trinajstić information content (AvgIpc) is 2.76. The Morgan fingerprint density at radius 3 is 2.43 bits per heavy atom. The lowest BCUT2D eigenvalue weighted by molar-refractivity contribution is 0.0740. The maximum Gasteiger partial charge on any atom is 0.272 e. The summed E-state index contributed by atoms with van der Waals surface area (Å²) in [6.45, 7) is 4.70. The molecule has 0 unspecified atom stereocenters. The van der Waals surface area contributed by atoms with E-state index in [2.05, 4.69) is 25.2 Å². The van der Waals surface area contributed by atoms with Crippen molar-refractivity contribution in [1.29, 1.82) is 0 Å². The first kappa shape index (κ1) is 17.9. The summed E-state index contributed by atoms with van der Waals surface area (Å²) in [5.41, 5.74) is 3.46. The van der Waals surface area contributed by atoms with Crippen molar-refractivity contribution in [3.05, 3.63) is 72.3 Å². The Morgan fingerprint density at radius 2 is 1.68 bits per heavy atom. The van der Waals surface area contributed by atoms with E-state index < -0.39 is 0 Å². The van der Waals surface area contributed by atoms with Gasteiger partial charge in [-0.3, -0.25) is 9.78 Å². The summed E-state index contributed by atoms with van der Waals surface area (Å²) >= 11 is 0. The van der Waals surface area contributed by atoms with E-state index in [1.54, 1.807) is 30.7 Å². The molecule has 0 aliphatic carbocycles. The minimum absolute atomic E-state index is 0.0536. The quantitative estimate of drug-likeness (QED) is 0.757. The molecule has 0 atom stereocenters. The van der Waals surface area contributed by atoms with Crippen molar-refractivity contribution in [2.24, 2.45) is 0 Å². The summed E-state index contributed by atoms with van der Waals surface area (Å²) in [7, 11) is 0. The number of hydrogen-bond acceptors (Lipinski definition) is 6. The molecule has 1 aliphatic heterocycles. The Bertz CT molecular complexity index is 954. The molecule has 0 bridgehead atoms. The smallest absolute Gasteiger partial charge is 0.272 e. The predicted molar refractivity (Wildman–Crippen MR) is 109 cm³/mol. The van der Waals surface area contributed by atoms with Crippen molar-refractivity contribution < 1.29 is 4.79 Å². The fourth-order valence-corrected chi connectivity index (χ4v) is 3.22. The molecule has 1 amide bonds. The van der Waals surface area contributed by atoms with Crippen LogP contribution in [0.15, 0.2) is 61.1 Å². The third-order valence-corrected chi connectivity index (χ3v) is 4.80. The first-order valence-electron chi connectivity index (χ1n) is 9.31. The zero-order valence-electron chi connectivity index (χ0n) is 15.7. The highest BCUT2D eigenvalue weighted by molar-refractivity contribution is 5.93. The molecule has 142 valence electrons. The molecular formula is C21H22N6O. The topological polar surface area (TPSA) is 74.2 Å². The highest BCUT2D eigenvalue weighted by Crippen LogP contribution is 2.21. The van der Waals surface area contributed by atoms with Crippen LogP contribution in [0.4, 0.5) is 17.3 Å². The van der Waals surface area contributed by atoms with Crippen LogP contribution in [0.1, 0.15) is 16.1 Å². The maximum atomic E-state index is 12.9. The van der Waals surface area contributed by atoms with Crippen LogP contribution in [0.2, 0.25) is 0 Å². The highest BCUT2D eigenvalue weighted by atomic mass is 16.2. The Hall–Kier alpha value is -3.48. The number of hydrogen-bond donors (Lipinski definition) is 1. The van der Waals surface area contributed by atoms with Gasteiger partial charge in [0.05, 0.1) is 0 Å². The maximum absolute atomic E-state index is 12.9. The van der Waals surface area contributed by atoms with Crippen molar-refractivity contribution in [2.75, 3.05) is 36.4 Å². The van der Waals surface area contributed by atoms with Gasteiger partial charge in [0, 0.05) is 56.1 Å². The largest absolute Gasteiger partial charge is 0.355 e. The van der Waals surface area contributed by atoms with Crippen LogP contribution in [0.25, 0.3) is 0 Å². The van der Waals surface area contributed by atoms with E-state index in [0.29, 0.717) is 37.8 Å². The van der Waals surface area contributed by atoms with Gasteiger partial charge >= 0.3 is 0 Å². The van der Waals surface area contributed by atoms with Crippen LogP contribution in [0, 0.1) is 6.92 Å². The summed E-state index contributed by atoms with van der Waals surface area (Å²) in [6, 6.07) is 13.5. The van der Waals surface area contributed by atoms with Crippen molar-refractivity contribution in [3.8, 4) is 0 Å². The van der Waals surface area contributed by atoms with Crippen LogP contribution in [-0.2, 0) is 0 Å². The van der Waals surface area contributed by atoms with Crippen LogP contribution in [0.5, 0.6) is 0 Å². The fourth-order valence-electron chi connectivity index (χ4n) is 3.22. The number of aryl methyl sites for hydroxylation is 1. The summed E-state index contributed by atoms with van der Waals surface area (Å²) in [4.78, 5) is 29.7. The molecule has 1 fully saturated rings. The monoisotopic (exact) mass is 374 g/mol. The van der Waals surface area contributed by atoms with Gasteiger partial charge in [0.15, 0.2) is 0 Å². The van der Waals surface area contributed by atoms with Gasteiger partial charge in [0.25, 0.3) is 5.91 Å². The number of piperazine rings is 1. The van der Waals surface area contributed by atoms with Gasteiger partial charge in [-0.25, -0.2) is 9.97 Å². The number of pyridine rings is 1. The summed E-state index contributed by atoms with van der Waals surface area (Å²) < 4.78 is 0. The molecule has 0 saturated carbocycles. The lowest BCUT2D eigenvalue weighted by Crippen LogP contribution is -2.49. The van der Waals surface area contributed by atoms with Crippen LogP contribution in [-0.4, -0.2) is 51.9 Å². The number of amides is 1. The van der Waals surface area contributed by atoms with Gasteiger partial charge < -0.3 is 15.1 Å². The van der Waals surface area contributed by atoms with Crippen molar-refractivity contribution in [3.63, 3.8) is 0 Å². The van der Waals surface area contributed by atoms with Crippen molar-refractivity contribution in [2.45, 2.75) is 6.92 Å². The summed E-state index contributed by atoms with van der Waals surface area (Å²) in [6.07, 6.45) is 5.13. The van der Waals surface area contributed by atoms with Gasteiger partial charge in [-0.05, 0) is 36.8 Å². The Labute approximate surface area is 164 Å². The van der Waals surface area contributed by atoms with Gasteiger partial charge in [-0.2, -0.15) is 0 Å². The number of aromatic nitrogens is 3. The first-order chi connectivity index (χ1) is 13.7. The van der Waals surface area contributed by atoms with Crippen molar-refractivity contribution in [1.82, 2.24) is 19.9 Å². The van der Waals surface area contributed by atoms with Gasteiger partial charge in [-0.15, -0.1) is 0 Å². The van der Waals surface area contributed by atoms with E-state index in [1.807, 2.05) is 42.2 Å². The average molecular weight is 374 g/mol. The molecule has 1 N–H and O–H groups in total. The molecule has 3 aromatic rings. The molecule has 1 aliphatic rings. The van der Waals surface area contributed by atoms with E-state index in [9.17, 15) is 4.79 Å². The number of carbonyl (C=O) groups is 1. The van der Waals surface area contributed by atoms with Gasteiger partial charge in [0.1, 0.15) is 5.69 Å². The Balaban J connectivity index is 1.42. The van der Waals surface area contributed by atoms with E-state index in [4.69, 9.17) is 0 Å². The van der Waals surface area contributed by atoms with E-state index in [0.717, 1.165) is 16.9 Å². The highest BCUT2D eigenvalue weighted by Gasteiger charge is 2.24. The third kappa shape index (κ3) is 3.93. The number of rotatable bonds is 4. The SMILES string of the molecule is Cc1ccccc1Nc1ccnc(C(=O)N2CCN(c3ncccn3)CC2)c1. The number of nitrogens with one attached hydrogen (secondary N) is 1. The molecule has 7 heteroatoms. The van der Waals surface area contributed by atoms with Gasteiger partial charge in [0.2, 0.25) is 5.95 Å². The Morgan fingerprint density at radius 1 is 0.929 bits per heavy atom. The number of anilines is 3. The second-order valence-corrected chi connectivity index (χ2v) is 6.70. The number of carbonyl (C=O) groups excluding carboxylic acids is 1. The molecular weight excluding hydrogens is 352 g/mol. The molecule has 2 aromatic heterocycles. The molecule has 7 nitrogen and oxygen atoms in total. The second kappa shape index (κ2) is 8.04. The summed E-state index contributed by atoms with van der Waals surface area (Å²) in [5, 5.41) is 3.36. The van der Waals surface area contributed by atoms with Crippen LogP contribution in [0.3, 0.4) is 0 Å². The van der Waals surface area contributed by atoms with Gasteiger partial charge in [-0.1, -0.05) is 18.2 Å². The molecule has 1 aromatic carbocycles. The fraction of sp³-hybridized carbons (Fsp3) is 0.238. The molecule has 0 radical (unpaired) electrons. The third-order valence-electron chi connectivity index (χ3n) is 4.80. The van der Waals surface area contributed by atoms with E-state index in [1.165, 1.54) is 0 Å². The molecule has 3 heterocycles. The standard InChI is InChI=1S/C21H22N6O/c1-16-5-2-3-6-18(16)25-17-7-10-22-19(15-17)20(28)26-11-13-27(14-12-26)21-23-8-4-9-24-21/h2-10,15H,11-14H2,1H3,(H,22,25). The molecule has 28 heavy (non-hydrogen) atoms. The van der Waals surface area contributed by atoms with Crippen LogP contribution >= 0.6 is 0 Å². The molecule has 1 saturated heterocycles. The molecule has 4 rings (SSSR count). The van der Waals surface area contributed by atoms with Crippen molar-refractivity contribution >= 4 is 23.2 Å². The molecule has 0 spiro atoms. The summed E-state index contributed by atoms with van der Waals surface area (Å²) in [5.74, 6) is 0.652. The minimum Gasteiger partial charge on any atom is -0.355 e. The minimum atomic E-state index is -0.0536. The lowest BCUT2D eigenvalue weighted by atomic mass is 10.2. The number of para-hydroxylation sites is 1. The normalized spacial score (nSPS) is 14.0. The number of benzene rings is 1. The number of nitrogens with zero attached hydrogens (tertiary/aromatic N) is 5. The van der Waals surface area contributed by atoms with E-state index in [-0.39, 0.29) is 5.91 Å². The lowest BCUT2D eigenvalue weighted by Gasteiger charge is -2.34. The first-order valence-corrected chi connectivity index (χ1v) is 9.31. The zero-order chi connectivity index (χ0) is 19.3. The predicted octanol–water partition coefficient (Wildman–Crippen LogP) is 2.89. The zero-order valence-corrected chi connectivity index (χ0v) is 15.7. The van der Waals surface area contributed by atoms with Crippen LogP contribution < -0.4 is 10.2 Å².